The minimum atomic E-state index is -1.54. The molecule has 0 spiro atoms. The van der Waals surface area contributed by atoms with Gasteiger partial charge in [-0.2, -0.15) is 11.8 Å². The maximum atomic E-state index is 12.9. The van der Waals surface area contributed by atoms with Crippen molar-refractivity contribution in [3.8, 4) is 0 Å². The van der Waals surface area contributed by atoms with Gasteiger partial charge in [-0.3, -0.25) is 24.2 Å². The van der Waals surface area contributed by atoms with Gasteiger partial charge in [0.05, 0.1) is 12.5 Å². The first-order chi connectivity index (χ1) is 16.5. The summed E-state index contributed by atoms with van der Waals surface area (Å²) < 4.78 is 0. The number of thioether (sulfide) groups is 1. The molecule has 0 bridgehead atoms. The monoisotopic (exact) mass is 517 g/mol. The summed E-state index contributed by atoms with van der Waals surface area (Å²) in [5.74, 6) is -4.25. The van der Waals surface area contributed by atoms with Crippen LogP contribution in [0.1, 0.15) is 38.5 Å². The largest absolute Gasteiger partial charge is 0.481 e. The van der Waals surface area contributed by atoms with Crippen molar-refractivity contribution >= 4 is 47.4 Å². The topological polar surface area (TPSA) is 244 Å². The lowest BCUT2D eigenvalue weighted by atomic mass is 10.1. The minimum absolute atomic E-state index is 0.0234. The zero-order valence-corrected chi connectivity index (χ0v) is 20.5. The van der Waals surface area contributed by atoms with Crippen molar-refractivity contribution in [3.63, 3.8) is 0 Å². The fourth-order valence-electron chi connectivity index (χ4n) is 3.57. The molecule has 14 nitrogen and oxygen atoms in total. The third-order valence-corrected chi connectivity index (χ3v) is 6.00. The van der Waals surface area contributed by atoms with Gasteiger partial charge in [0.1, 0.15) is 18.1 Å². The molecular formula is C20H35N7O7S. The standard InChI is InChI=1S/C20H35N7O7S/c1-35-9-6-11(21)18(32)27-8-3-5-14(27)17(31)26-13(10-15(28)29)16(30)25-12(19(33)34)4-2-7-24-20(22)23/h11-14H,2-10,21H2,1H3,(H,25,30)(H,26,31)(H,28,29)(H,33,34)(H4,22,23,24). The van der Waals surface area contributed by atoms with Crippen molar-refractivity contribution in [3.05, 3.63) is 0 Å². The summed E-state index contributed by atoms with van der Waals surface area (Å²) in [7, 11) is 0. The van der Waals surface area contributed by atoms with E-state index in [-0.39, 0.29) is 31.3 Å². The Kier molecular flexibility index (Phi) is 12.9. The highest BCUT2D eigenvalue weighted by Gasteiger charge is 2.38. The van der Waals surface area contributed by atoms with E-state index in [1.54, 1.807) is 0 Å². The highest BCUT2D eigenvalue weighted by atomic mass is 32.2. The summed E-state index contributed by atoms with van der Waals surface area (Å²) in [6.07, 6.45) is 2.64. The van der Waals surface area contributed by atoms with Gasteiger partial charge < -0.3 is 42.9 Å². The lowest BCUT2D eigenvalue weighted by Crippen LogP contribution is -2.57. The molecule has 1 fully saturated rings. The van der Waals surface area contributed by atoms with Crippen molar-refractivity contribution in [2.45, 2.75) is 62.7 Å². The molecule has 4 atom stereocenters. The van der Waals surface area contributed by atoms with E-state index in [1.165, 1.54) is 16.7 Å². The lowest BCUT2D eigenvalue weighted by molar-refractivity contribution is -0.144. The van der Waals surface area contributed by atoms with Crippen LogP contribution in [0.4, 0.5) is 0 Å². The van der Waals surface area contributed by atoms with Crippen molar-refractivity contribution in [1.29, 1.82) is 0 Å². The summed E-state index contributed by atoms with van der Waals surface area (Å²) >= 11 is 1.54. The zero-order chi connectivity index (χ0) is 26.5. The number of nitrogens with two attached hydrogens (primary N) is 3. The maximum Gasteiger partial charge on any atom is 0.326 e. The fraction of sp³-hybridized carbons (Fsp3) is 0.700. The van der Waals surface area contributed by atoms with Gasteiger partial charge in [-0.25, -0.2) is 4.79 Å². The first-order valence-electron chi connectivity index (χ1n) is 11.1. The number of rotatable bonds is 15. The first kappa shape index (κ1) is 30.0. The molecule has 1 aliphatic rings. The molecule has 0 radical (unpaired) electrons. The number of amides is 3. The van der Waals surface area contributed by atoms with Crippen molar-refractivity contribution in [1.82, 2.24) is 15.5 Å². The predicted octanol–water partition coefficient (Wildman–Crippen LogP) is -2.36. The predicted molar refractivity (Wildman–Crippen MR) is 129 cm³/mol. The lowest BCUT2D eigenvalue weighted by Gasteiger charge is -2.28. The molecule has 0 aliphatic carbocycles. The number of carbonyl (C=O) groups excluding carboxylic acids is 3. The quantitative estimate of drug-likeness (QED) is 0.0688. The van der Waals surface area contributed by atoms with Crippen LogP contribution in [0.25, 0.3) is 0 Å². The second-order valence-corrected chi connectivity index (χ2v) is 9.07. The second kappa shape index (κ2) is 15.0. The van der Waals surface area contributed by atoms with E-state index in [1.807, 2.05) is 6.26 Å². The summed E-state index contributed by atoms with van der Waals surface area (Å²) in [6, 6.07) is -4.56. The summed E-state index contributed by atoms with van der Waals surface area (Å²) in [4.78, 5) is 66.2. The van der Waals surface area contributed by atoms with Gasteiger partial charge in [0.2, 0.25) is 17.7 Å². The molecule has 1 saturated heterocycles. The van der Waals surface area contributed by atoms with Gasteiger partial charge in [0.25, 0.3) is 0 Å². The normalized spacial score (nSPS) is 17.7. The number of aliphatic imine (C=N–C) groups is 1. The zero-order valence-electron chi connectivity index (χ0n) is 19.6. The number of hydrogen-bond donors (Lipinski definition) is 7. The van der Waals surface area contributed by atoms with Crippen LogP contribution in [0, 0.1) is 0 Å². The average molecular weight is 518 g/mol. The third-order valence-electron chi connectivity index (χ3n) is 5.36. The second-order valence-electron chi connectivity index (χ2n) is 8.08. The molecule has 3 amide bonds. The molecule has 1 aliphatic heterocycles. The van der Waals surface area contributed by atoms with Crippen LogP contribution < -0.4 is 27.8 Å². The van der Waals surface area contributed by atoms with Crippen molar-refractivity contribution in [2.75, 3.05) is 25.1 Å². The molecule has 0 aromatic rings. The molecule has 0 aromatic carbocycles. The van der Waals surface area contributed by atoms with E-state index in [9.17, 15) is 34.2 Å². The number of carbonyl (C=O) groups is 5. The summed E-state index contributed by atoms with van der Waals surface area (Å²) in [5, 5.41) is 23.2. The molecular weight excluding hydrogens is 482 g/mol. The number of carboxylic acid groups (broad SMARTS) is 2. The Balaban J connectivity index is 2.86. The Morgan fingerprint density at radius 2 is 1.80 bits per heavy atom. The highest BCUT2D eigenvalue weighted by molar-refractivity contribution is 7.98. The van der Waals surface area contributed by atoms with E-state index in [4.69, 9.17) is 17.2 Å². The fourth-order valence-corrected chi connectivity index (χ4v) is 4.06. The summed E-state index contributed by atoms with van der Waals surface area (Å²) in [6.45, 7) is 0.457. The molecule has 1 rings (SSSR count). The molecule has 0 aromatic heterocycles. The molecule has 10 N–H and O–H groups in total. The van der Waals surface area contributed by atoms with E-state index in [2.05, 4.69) is 15.6 Å². The van der Waals surface area contributed by atoms with Gasteiger partial charge in [0, 0.05) is 13.1 Å². The van der Waals surface area contributed by atoms with Crippen molar-refractivity contribution < 1.29 is 34.2 Å². The molecule has 15 heteroatoms. The van der Waals surface area contributed by atoms with Gasteiger partial charge in [-0.1, -0.05) is 0 Å². The smallest absolute Gasteiger partial charge is 0.326 e. The number of nitrogens with zero attached hydrogens (tertiary/aromatic N) is 2. The molecule has 4 unspecified atom stereocenters. The maximum absolute atomic E-state index is 12.9. The number of nitrogens with one attached hydrogen (secondary N) is 2. The number of guanidine groups is 1. The number of likely N-dealkylation sites (tertiary alicyclic amines) is 1. The van der Waals surface area contributed by atoms with E-state index >= 15 is 0 Å². The summed E-state index contributed by atoms with van der Waals surface area (Å²) in [5.41, 5.74) is 16.4. The van der Waals surface area contributed by atoms with E-state index < -0.39 is 54.3 Å². The Morgan fingerprint density at radius 1 is 1.11 bits per heavy atom. The van der Waals surface area contributed by atoms with Crippen LogP contribution in [0.15, 0.2) is 4.99 Å². The van der Waals surface area contributed by atoms with Gasteiger partial charge in [0.15, 0.2) is 5.96 Å². The SMILES string of the molecule is CSCCC(N)C(=O)N1CCCC1C(=O)NC(CC(=O)O)C(=O)NC(CCCN=C(N)N)C(=O)O. The van der Waals surface area contributed by atoms with Crippen LogP contribution in [-0.2, 0) is 24.0 Å². The van der Waals surface area contributed by atoms with Gasteiger partial charge >= 0.3 is 11.9 Å². The Labute approximate surface area is 207 Å². The number of hydrogen-bond acceptors (Lipinski definition) is 8. The van der Waals surface area contributed by atoms with E-state index in [0.717, 1.165) is 0 Å². The van der Waals surface area contributed by atoms with Crippen LogP contribution in [0.3, 0.4) is 0 Å². The first-order valence-corrected chi connectivity index (χ1v) is 12.5. The van der Waals surface area contributed by atoms with Gasteiger partial charge in [-0.15, -0.1) is 0 Å². The molecule has 198 valence electrons. The minimum Gasteiger partial charge on any atom is -0.481 e. The Bertz CT molecular complexity index is 807. The number of aliphatic carboxylic acids is 2. The van der Waals surface area contributed by atoms with Crippen molar-refractivity contribution in [2.24, 2.45) is 22.2 Å². The van der Waals surface area contributed by atoms with Crippen LogP contribution in [0.2, 0.25) is 0 Å². The molecule has 1 heterocycles. The highest BCUT2D eigenvalue weighted by Crippen LogP contribution is 2.19. The Hall–Kier alpha value is -3.07. The third kappa shape index (κ3) is 10.4. The number of carboxylic acids is 2. The van der Waals surface area contributed by atoms with Crippen LogP contribution >= 0.6 is 11.8 Å². The van der Waals surface area contributed by atoms with Crippen LogP contribution in [0.5, 0.6) is 0 Å². The van der Waals surface area contributed by atoms with Crippen LogP contribution in [-0.4, -0.2) is 100.0 Å². The van der Waals surface area contributed by atoms with Gasteiger partial charge in [-0.05, 0) is 44.1 Å². The van der Waals surface area contributed by atoms with E-state index in [0.29, 0.717) is 31.6 Å². The Morgan fingerprint density at radius 3 is 2.37 bits per heavy atom. The molecule has 35 heavy (non-hydrogen) atoms. The molecule has 0 saturated carbocycles. The average Bonchev–Trinajstić information content (AvgIpc) is 3.27.